The summed E-state index contributed by atoms with van der Waals surface area (Å²) in [6.45, 7) is 5.77. The monoisotopic (exact) mass is 506 g/mol. The Morgan fingerprint density at radius 3 is 2.43 bits per heavy atom. The van der Waals surface area contributed by atoms with E-state index >= 15 is 0 Å². The van der Waals surface area contributed by atoms with Crippen molar-refractivity contribution >= 4 is 5.57 Å². The maximum atomic E-state index is 14.9. The molecule has 1 aliphatic rings. The van der Waals surface area contributed by atoms with E-state index in [1.807, 2.05) is 0 Å². The predicted octanol–water partition coefficient (Wildman–Crippen LogP) is 8.60. The molecule has 0 heterocycles. The largest absolute Gasteiger partial charge is 0.493 e. The van der Waals surface area contributed by atoms with Gasteiger partial charge in [-0.05, 0) is 85.8 Å². The molecule has 2 atom stereocenters. The fraction of sp³-hybridized carbons (Fsp3) is 0.312. The van der Waals surface area contributed by atoms with Gasteiger partial charge in [-0.3, -0.25) is 0 Å². The summed E-state index contributed by atoms with van der Waals surface area (Å²) in [5.41, 5.74) is 3.45. The molecule has 0 amide bonds. The van der Waals surface area contributed by atoms with E-state index in [0.29, 0.717) is 47.8 Å². The number of benzene rings is 3. The lowest BCUT2D eigenvalue weighted by molar-refractivity contribution is 0.199. The van der Waals surface area contributed by atoms with E-state index in [1.165, 1.54) is 6.07 Å². The number of hydrogen-bond donors (Lipinski definition) is 1. The molecule has 0 spiro atoms. The van der Waals surface area contributed by atoms with Crippen molar-refractivity contribution in [1.82, 2.24) is 0 Å². The van der Waals surface area contributed by atoms with E-state index in [1.54, 1.807) is 61.5 Å². The zero-order chi connectivity index (χ0) is 26.4. The van der Waals surface area contributed by atoms with Crippen molar-refractivity contribution in [2.24, 2.45) is 5.92 Å². The van der Waals surface area contributed by atoms with Crippen molar-refractivity contribution in [3.05, 3.63) is 107 Å². The van der Waals surface area contributed by atoms with Gasteiger partial charge in [0.15, 0.2) is 11.6 Å². The van der Waals surface area contributed by atoms with Crippen LogP contribution in [0.4, 0.5) is 13.2 Å². The summed E-state index contributed by atoms with van der Waals surface area (Å²) < 4.78 is 50.0. The molecule has 0 aromatic heterocycles. The van der Waals surface area contributed by atoms with Crippen molar-refractivity contribution in [1.29, 1.82) is 0 Å². The lowest BCUT2D eigenvalue weighted by Gasteiger charge is -2.23. The summed E-state index contributed by atoms with van der Waals surface area (Å²) in [6.07, 6.45) is 7.51. The summed E-state index contributed by atoms with van der Waals surface area (Å²) in [5.74, 6) is -1.10. The maximum Gasteiger partial charge on any atom is 0.166 e. The van der Waals surface area contributed by atoms with Crippen LogP contribution in [0.5, 0.6) is 5.75 Å². The van der Waals surface area contributed by atoms with Crippen LogP contribution in [0.15, 0.2) is 73.3 Å². The topological polar surface area (TPSA) is 29.5 Å². The van der Waals surface area contributed by atoms with Crippen LogP contribution in [-0.2, 0) is 6.42 Å². The van der Waals surface area contributed by atoms with Crippen LogP contribution in [0.25, 0.3) is 16.7 Å². The lowest BCUT2D eigenvalue weighted by atomic mass is 9.83. The van der Waals surface area contributed by atoms with E-state index < -0.39 is 17.7 Å². The SMILES string of the molecule is C=CCCOc1ccc(C2=CCC(CCc3ccc(-c4ccc(C(C)O)cc4)c(F)c3F)CC2)c(F)c1. The maximum absolute atomic E-state index is 14.9. The van der Waals surface area contributed by atoms with Gasteiger partial charge in [0.05, 0.1) is 12.7 Å². The fourth-order valence-electron chi connectivity index (χ4n) is 4.81. The van der Waals surface area contributed by atoms with Gasteiger partial charge in [0.2, 0.25) is 0 Å². The van der Waals surface area contributed by atoms with Crippen molar-refractivity contribution in [2.45, 2.75) is 51.6 Å². The van der Waals surface area contributed by atoms with Crippen LogP contribution >= 0.6 is 0 Å². The van der Waals surface area contributed by atoms with E-state index in [2.05, 4.69) is 12.7 Å². The number of ether oxygens (including phenoxy) is 1. The molecular weight excluding hydrogens is 473 g/mol. The molecule has 1 N–H and O–H groups in total. The number of hydrogen-bond acceptors (Lipinski definition) is 2. The van der Waals surface area contributed by atoms with Gasteiger partial charge in [-0.25, -0.2) is 13.2 Å². The minimum atomic E-state index is -0.847. The lowest BCUT2D eigenvalue weighted by Crippen LogP contribution is -2.08. The Bertz CT molecular complexity index is 1260. The number of aliphatic hydroxyl groups excluding tert-OH is 1. The van der Waals surface area contributed by atoms with Crippen LogP contribution in [0, 0.1) is 23.4 Å². The predicted molar refractivity (Wildman–Crippen MR) is 143 cm³/mol. The number of allylic oxidation sites excluding steroid dienone is 2. The molecule has 4 rings (SSSR count). The smallest absolute Gasteiger partial charge is 0.166 e. The van der Waals surface area contributed by atoms with Gasteiger partial charge in [-0.1, -0.05) is 48.6 Å². The fourth-order valence-corrected chi connectivity index (χ4v) is 4.81. The molecule has 37 heavy (non-hydrogen) atoms. The third-order valence-electron chi connectivity index (χ3n) is 7.09. The first-order valence-corrected chi connectivity index (χ1v) is 12.8. The molecule has 0 fully saturated rings. The zero-order valence-electron chi connectivity index (χ0n) is 21.2. The minimum Gasteiger partial charge on any atom is -0.493 e. The second-order valence-corrected chi connectivity index (χ2v) is 9.67. The van der Waals surface area contributed by atoms with E-state index in [4.69, 9.17) is 4.74 Å². The van der Waals surface area contributed by atoms with Crippen LogP contribution in [0.2, 0.25) is 0 Å². The quantitative estimate of drug-likeness (QED) is 0.220. The van der Waals surface area contributed by atoms with Crippen molar-refractivity contribution in [3.63, 3.8) is 0 Å². The molecule has 194 valence electrons. The van der Waals surface area contributed by atoms with Gasteiger partial charge in [-0.2, -0.15) is 0 Å². The molecule has 2 unspecified atom stereocenters. The average molecular weight is 507 g/mol. The van der Waals surface area contributed by atoms with E-state index in [0.717, 1.165) is 36.8 Å². The minimum absolute atomic E-state index is 0.211. The Labute approximate surface area is 217 Å². The molecule has 0 aliphatic heterocycles. The zero-order valence-corrected chi connectivity index (χ0v) is 21.2. The van der Waals surface area contributed by atoms with Gasteiger partial charge < -0.3 is 9.84 Å². The Morgan fingerprint density at radius 2 is 1.78 bits per heavy atom. The second-order valence-electron chi connectivity index (χ2n) is 9.67. The summed E-state index contributed by atoms with van der Waals surface area (Å²) in [4.78, 5) is 0. The highest BCUT2D eigenvalue weighted by Gasteiger charge is 2.20. The summed E-state index contributed by atoms with van der Waals surface area (Å²) >= 11 is 0. The third kappa shape index (κ3) is 6.53. The van der Waals surface area contributed by atoms with Gasteiger partial charge in [-0.15, -0.1) is 6.58 Å². The molecule has 5 heteroatoms. The van der Waals surface area contributed by atoms with Gasteiger partial charge >= 0.3 is 0 Å². The Balaban J connectivity index is 1.36. The Hall–Kier alpha value is -3.31. The Kier molecular flexibility index (Phi) is 8.88. The van der Waals surface area contributed by atoms with Crippen LogP contribution in [0.1, 0.15) is 61.8 Å². The number of aryl methyl sites for hydroxylation is 1. The highest BCUT2D eigenvalue weighted by molar-refractivity contribution is 5.67. The summed E-state index contributed by atoms with van der Waals surface area (Å²) in [7, 11) is 0. The number of halogens is 3. The molecule has 0 saturated heterocycles. The van der Waals surface area contributed by atoms with Crippen molar-refractivity contribution < 1.29 is 23.0 Å². The number of rotatable bonds is 10. The van der Waals surface area contributed by atoms with Crippen LogP contribution < -0.4 is 4.74 Å². The highest BCUT2D eigenvalue weighted by Crippen LogP contribution is 2.35. The first-order valence-electron chi connectivity index (χ1n) is 12.8. The van der Waals surface area contributed by atoms with Gasteiger partial charge in [0.25, 0.3) is 0 Å². The molecule has 1 aliphatic carbocycles. The third-order valence-corrected chi connectivity index (χ3v) is 7.09. The van der Waals surface area contributed by atoms with Crippen molar-refractivity contribution in [2.75, 3.05) is 6.61 Å². The molecular formula is C32H33F3O2. The van der Waals surface area contributed by atoms with Gasteiger partial charge in [0.1, 0.15) is 11.6 Å². The van der Waals surface area contributed by atoms with Gasteiger partial charge in [0, 0.05) is 17.2 Å². The van der Waals surface area contributed by atoms with Crippen molar-refractivity contribution in [3.8, 4) is 16.9 Å². The molecule has 3 aromatic rings. The molecule has 3 aromatic carbocycles. The standard InChI is InChI=1S/C32H33F3O2/c1-3-4-19-37-27-16-18-28(30(33)20-27)24-8-5-22(6-9-24)7-10-26-15-17-29(32(35)31(26)34)25-13-11-23(12-14-25)21(2)36/h3,8,11-18,20-22,36H,1,4-7,9-10,19H2,2H3. The normalized spacial score (nSPS) is 16.2. The van der Waals surface area contributed by atoms with Crippen LogP contribution in [-0.4, -0.2) is 11.7 Å². The summed E-state index contributed by atoms with van der Waals surface area (Å²) in [5, 5.41) is 9.65. The first-order chi connectivity index (χ1) is 17.9. The van der Waals surface area contributed by atoms with E-state index in [-0.39, 0.29) is 11.4 Å². The number of aliphatic hydroxyl groups is 1. The highest BCUT2D eigenvalue weighted by atomic mass is 19.2. The molecule has 0 bridgehead atoms. The first kappa shape index (κ1) is 26.7. The second kappa shape index (κ2) is 12.3. The Morgan fingerprint density at radius 1 is 1.03 bits per heavy atom. The van der Waals surface area contributed by atoms with Crippen LogP contribution in [0.3, 0.4) is 0 Å². The van der Waals surface area contributed by atoms with E-state index in [9.17, 15) is 18.3 Å². The average Bonchev–Trinajstić information content (AvgIpc) is 2.90. The molecule has 2 nitrogen and oxygen atoms in total. The molecule has 0 radical (unpaired) electrons. The summed E-state index contributed by atoms with van der Waals surface area (Å²) in [6, 6.07) is 15.1. The molecule has 0 saturated carbocycles.